The predicted molar refractivity (Wildman–Crippen MR) is 82.3 cm³/mol. The molecule has 1 aliphatic heterocycles. The summed E-state index contributed by atoms with van der Waals surface area (Å²) < 4.78 is 10.8. The van der Waals surface area contributed by atoms with Crippen molar-refractivity contribution < 1.29 is 14.3 Å². The number of hydrogen-bond donors (Lipinski definition) is 1. The largest absolute Gasteiger partial charge is 0.468 e. The molecule has 1 saturated carbocycles. The number of hydrogen-bond acceptors (Lipinski definition) is 5. The Hall–Kier alpha value is -0.650. The van der Waals surface area contributed by atoms with Gasteiger partial charge >= 0.3 is 5.97 Å². The minimum Gasteiger partial charge on any atom is -0.468 e. The summed E-state index contributed by atoms with van der Waals surface area (Å²) in [6, 6.07) is 0.726. The Balaban J connectivity index is 2.03. The van der Waals surface area contributed by atoms with Gasteiger partial charge in [-0.2, -0.15) is 0 Å². The predicted octanol–water partition coefficient (Wildman–Crippen LogP) is 1.56. The molecule has 2 aliphatic rings. The fourth-order valence-electron chi connectivity index (χ4n) is 3.78. The van der Waals surface area contributed by atoms with E-state index in [2.05, 4.69) is 31.0 Å². The summed E-state index contributed by atoms with van der Waals surface area (Å²) in [7, 11) is 1.49. The first-order chi connectivity index (χ1) is 10.0. The average molecular weight is 298 g/mol. The van der Waals surface area contributed by atoms with Gasteiger partial charge in [-0.15, -0.1) is 0 Å². The van der Waals surface area contributed by atoms with E-state index in [1.807, 2.05) is 0 Å². The first kappa shape index (κ1) is 16.7. The number of ether oxygens (including phenoxy) is 2. The molecule has 5 heteroatoms. The molecule has 0 aromatic heterocycles. The number of carbonyl (C=O) groups is 1. The highest BCUT2D eigenvalue weighted by Gasteiger charge is 2.48. The van der Waals surface area contributed by atoms with E-state index in [-0.39, 0.29) is 12.0 Å². The topological polar surface area (TPSA) is 50.8 Å². The highest BCUT2D eigenvalue weighted by atomic mass is 16.5. The van der Waals surface area contributed by atoms with Gasteiger partial charge in [-0.1, -0.05) is 6.92 Å². The number of carbonyl (C=O) groups excluding carboxylic acids is 1. The number of esters is 1. The highest BCUT2D eigenvalue weighted by molar-refractivity contribution is 5.81. The van der Waals surface area contributed by atoms with Crippen molar-refractivity contribution in [1.29, 1.82) is 0 Å². The summed E-state index contributed by atoms with van der Waals surface area (Å²) in [4.78, 5) is 14.8. The van der Waals surface area contributed by atoms with Crippen LogP contribution in [0.15, 0.2) is 0 Å². The van der Waals surface area contributed by atoms with Crippen molar-refractivity contribution in [1.82, 2.24) is 10.2 Å². The van der Waals surface area contributed by atoms with Crippen molar-refractivity contribution in [2.75, 3.05) is 26.8 Å². The molecule has 3 unspecified atom stereocenters. The van der Waals surface area contributed by atoms with E-state index in [1.165, 1.54) is 7.11 Å². The van der Waals surface area contributed by atoms with Crippen molar-refractivity contribution in [3.8, 4) is 0 Å². The van der Waals surface area contributed by atoms with E-state index < -0.39 is 5.54 Å². The Bertz CT molecular complexity index is 361. The third kappa shape index (κ3) is 3.76. The second-order valence-electron chi connectivity index (χ2n) is 6.67. The van der Waals surface area contributed by atoms with Gasteiger partial charge in [0.05, 0.1) is 19.8 Å². The van der Waals surface area contributed by atoms with Crippen LogP contribution >= 0.6 is 0 Å². The van der Waals surface area contributed by atoms with Crippen molar-refractivity contribution in [3.63, 3.8) is 0 Å². The number of rotatable bonds is 5. The molecule has 0 amide bonds. The Morgan fingerprint density at radius 1 is 1.52 bits per heavy atom. The van der Waals surface area contributed by atoms with Crippen molar-refractivity contribution in [3.05, 3.63) is 0 Å². The Kier molecular flexibility index (Phi) is 5.63. The molecule has 21 heavy (non-hydrogen) atoms. The molecule has 1 N–H and O–H groups in total. The van der Waals surface area contributed by atoms with Crippen LogP contribution in [0.3, 0.4) is 0 Å². The van der Waals surface area contributed by atoms with E-state index in [4.69, 9.17) is 9.47 Å². The minimum absolute atomic E-state index is 0.112. The zero-order valence-corrected chi connectivity index (χ0v) is 13.9. The van der Waals surface area contributed by atoms with Crippen molar-refractivity contribution in [2.24, 2.45) is 0 Å². The van der Waals surface area contributed by atoms with Crippen LogP contribution in [-0.4, -0.2) is 61.4 Å². The summed E-state index contributed by atoms with van der Waals surface area (Å²) in [5.74, 6) is -0.112. The molecule has 0 aromatic carbocycles. The molecule has 0 radical (unpaired) electrons. The van der Waals surface area contributed by atoms with Gasteiger partial charge in [0.25, 0.3) is 0 Å². The standard InChI is InChI=1S/C16H30N2O3/c1-5-14-11-18(8-9-21-14)13-6-7-16(10-13,15(19)20-4)17-12(2)3/h12-14,17H,5-11H2,1-4H3. The van der Waals surface area contributed by atoms with Gasteiger partial charge in [-0.3, -0.25) is 15.0 Å². The van der Waals surface area contributed by atoms with Crippen LogP contribution in [0.2, 0.25) is 0 Å². The van der Waals surface area contributed by atoms with Gasteiger partial charge in [0.2, 0.25) is 0 Å². The zero-order valence-electron chi connectivity index (χ0n) is 13.9. The molecule has 0 spiro atoms. The van der Waals surface area contributed by atoms with Crippen LogP contribution in [0.5, 0.6) is 0 Å². The molecule has 1 heterocycles. The second kappa shape index (κ2) is 7.07. The maximum absolute atomic E-state index is 12.3. The molecule has 2 fully saturated rings. The van der Waals surface area contributed by atoms with Crippen LogP contribution in [0.25, 0.3) is 0 Å². The lowest BCUT2D eigenvalue weighted by atomic mass is 9.96. The minimum atomic E-state index is -0.506. The number of morpholine rings is 1. The van der Waals surface area contributed by atoms with Crippen LogP contribution in [0.1, 0.15) is 46.5 Å². The number of nitrogens with one attached hydrogen (secondary N) is 1. The van der Waals surface area contributed by atoms with E-state index in [0.29, 0.717) is 12.1 Å². The van der Waals surface area contributed by atoms with Crippen molar-refractivity contribution >= 4 is 5.97 Å². The molecule has 0 bridgehead atoms. The van der Waals surface area contributed by atoms with Crippen LogP contribution in [0.4, 0.5) is 0 Å². The summed E-state index contributed by atoms with van der Waals surface area (Å²) in [6.45, 7) is 9.10. The fourth-order valence-corrected chi connectivity index (χ4v) is 3.78. The van der Waals surface area contributed by atoms with E-state index in [0.717, 1.165) is 45.4 Å². The maximum Gasteiger partial charge on any atom is 0.326 e. The van der Waals surface area contributed by atoms with Gasteiger partial charge in [0, 0.05) is 25.2 Å². The fraction of sp³-hybridized carbons (Fsp3) is 0.938. The Morgan fingerprint density at radius 2 is 2.29 bits per heavy atom. The van der Waals surface area contributed by atoms with Gasteiger partial charge in [-0.25, -0.2) is 0 Å². The van der Waals surface area contributed by atoms with Gasteiger partial charge in [-0.05, 0) is 39.5 Å². The number of nitrogens with zero attached hydrogens (tertiary/aromatic N) is 1. The van der Waals surface area contributed by atoms with E-state index in [9.17, 15) is 4.79 Å². The van der Waals surface area contributed by atoms with E-state index in [1.54, 1.807) is 0 Å². The lowest BCUT2D eigenvalue weighted by molar-refractivity contribution is -0.149. The zero-order chi connectivity index (χ0) is 15.5. The quantitative estimate of drug-likeness (QED) is 0.781. The molecule has 2 rings (SSSR count). The second-order valence-corrected chi connectivity index (χ2v) is 6.67. The molecule has 1 saturated heterocycles. The molecular formula is C16H30N2O3. The molecule has 5 nitrogen and oxygen atoms in total. The molecule has 1 aliphatic carbocycles. The molecule has 0 aromatic rings. The smallest absolute Gasteiger partial charge is 0.326 e. The van der Waals surface area contributed by atoms with Crippen LogP contribution < -0.4 is 5.32 Å². The summed E-state index contributed by atoms with van der Waals surface area (Å²) in [5.41, 5.74) is -0.506. The monoisotopic (exact) mass is 298 g/mol. The summed E-state index contributed by atoms with van der Waals surface area (Å²) in [5, 5.41) is 3.47. The summed E-state index contributed by atoms with van der Waals surface area (Å²) in [6.07, 6.45) is 4.14. The Labute approximate surface area is 128 Å². The number of methoxy groups -OCH3 is 1. The van der Waals surface area contributed by atoms with Crippen LogP contribution in [0, 0.1) is 0 Å². The van der Waals surface area contributed by atoms with Crippen LogP contribution in [-0.2, 0) is 14.3 Å². The molecular weight excluding hydrogens is 268 g/mol. The first-order valence-corrected chi connectivity index (χ1v) is 8.22. The SMILES string of the molecule is CCC1CN(C2CCC(NC(C)C)(C(=O)OC)C2)CCO1. The molecule has 3 atom stereocenters. The lowest BCUT2D eigenvalue weighted by Crippen LogP contribution is -2.55. The normalized spacial score (nSPS) is 34.3. The Morgan fingerprint density at radius 3 is 2.90 bits per heavy atom. The van der Waals surface area contributed by atoms with Gasteiger partial charge in [0.15, 0.2) is 0 Å². The summed E-state index contributed by atoms with van der Waals surface area (Å²) >= 11 is 0. The third-order valence-electron chi connectivity index (χ3n) is 4.77. The molecule has 122 valence electrons. The lowest BCUT2D eigenvalue weighted by Gasteiger charge is -2.37. The van der Waals surface area contributed by atoms with Crippen molar-refractivity contribution in [2.45, 2.75) is 70.2 Å². The third-order valence-corrected chi connectivity index (χ3v) is 4.77. The highest BCUT2D eigenvalue weighted by Crippen LogP contribution is 2.35. The maximum atomic E-state index is 12.3. The van der Waals surface area contributed by atoms with E-state index >= 15 is 0 Å². The average Bonchev–Trinajstić information content (AvgIpc) is 2.91. The van der Waals surface area contributed by atoms with Gasteiger partial charge < -0.3 is 9.47 Å². The first-order valence-electron chi connectivity index (χ1n) is 8.22. The van der Waals surface area contributed by atoms with Gasteiger partial charge in [0.1, 0.15) is 5.54 Å².